The van der Waals surface area contributed by atoms with E-state index in [2.05, 4.69) is 46.2 Å². The molecule has 2 aromatic heterocycles. The minimum absolute atomic E-state index is 0.609. The third-order valence-electron chi connectivity index (χ3n) is 4.37. The van der Waals surface area contributed by atoms with Gasteiger partial charge in [0.05, 0.1) is 11.4 Å². The minimum atomic E-state index is 0.609. The Balaban J connectivity index is 1.74. The van der Waals surface area contributed by atoms with Gasteiger partial charge in [0.1, 0.15) is 0 Å². The summed E-state index contributed by atoms with van der Waals surface area (Å²) < 4.78 is 4.21. The number of aryl methyl sites for hydroxylation is 3. The van der Waals surface area contributed by atoms with Gasteiger partial charge < -0.3 is 9.88 Å². The maximum atomic E-state index is 4.66. The average molecular weight is 287 g/mol. The van der Waals surface area contributed by atoms with Crippen LogP contribution in [0.15, 0.2) is 12.4 Å². The Morgan fingerprint density at radius 3 is 2.62 bits per heavy atom. The van der Waals surface area contributed by atoms with E-state index in [9.17, 15) is 0 Å². The van der Waals surface area contributed by atoms with Crippen molar-refractivity contribution in [3.63, 3.8) is 0 Å². The van der Waals surface area contributed by atoms with Crippen LogP contribution >= 0.6 is 0 Å². The summed E-state index contributed by atoms with van der Waals surface area (Å²) in [5.41, 5.74) is 3.40. The van der Waals surface area contributed by atoms with Crippen molar-refractivity contribution in [2.24, 2.45) is 7.05 Å². The fourth-order valence-electron chi connectivity index (χ4n) is 3.28. The van der Waals surface area contributed by atoms with Crippen LogP contribution in [0.1, 0.15) is 55.1 Å². The molecule has 5 heteroatoms. The lowest BCUT2D eigenvalue weighted by atomic mass is 9.95. The average Bonchev–Trinajstić information content (AvgIpc) is 3.00. The SMILES string of the molecule is Cc1cn(C2CCCCC2)c(NCc2cn(C)nc2C)n1. The first-order valence-electron chi connectivity index (χ1n) is 7.92. The molecule has 5 nitrogen and oxygen atoms in total. The van der Waals surface area contributed by atoms with Crippen LogP contribution in [0.3, 0.4) is 0 Å². The molecule has 0 aliphatic heterocycles. The molecule has 0 amide bonds. The van der Waals surface area contributed by atoms with Crippen molar-refractivity contribution < 1.29 is 0 Å². The second-order valence-electron chi connectivity index (χ2n) is 6.17. The quantitative estimate of drug-likeness (QED) is 0.938. The number of rotatable bonds is 4. The van der Waals surface area contributed by atoms with E-state index >= 15 is 0 Å². The molecule has 0 spiro atoms. The number of nitrogens with zero attached hydrogens (tertiary/aromatic N) is 4. The molecule has 0 aromatic carbocycles. The standard InChI is InChI=1S/C16H25N5/c1-12-10-21(15-7-5-4-6-8-15)16(18-12)17-9-14-11-20(3)19-13(14)2/h10-11,15H,4-9H2,1-3H3,(H,17,18). The first-order chi connectivity index (χ1) is 10.1. The second kappa shape index (κ2) is 5.92. The monoisotopic (exact) mass is 287 g/mol. The molecule has 0 radical (unpaired) electrons. The highest BCUT2D eigenvalue weighted by Gasteiger charge is 2.18. The smallest absolute Gasteiger partial charge is 0.203 e. The summed E-state index contributed by atoms with van der Waals surface area (Å²) in [4.78, 5) is 4.66. The van der Waals surface area contributed by atoms with Crippen molar-refractivity contribution in [1.29, 1.82) is 0 Å². The van der Waals surface area contributed by atoms with Gasteiger partial charge in [-0.15, -0.1) is 0 Å². The third-order valence-corrected chi connectivity index (χ3v) is 4.37. The van der Waals surface area contributed by atoms with E-state index in [0.29, 0.717) is 6.04 Å². The lowest BCUT2D eigenvalue weighted by Crippen LogP contribution is -2.15. The van der Waals surface area contributed by atoms with Crippen molar-refractivity contribution in [1.82, 2.24) is 19.3 Å². The zero-order valence-corrected chi connectivity index (χ0v) is 13.3. The number of hydrogen-bond donors (Lipinski definition) is 1. The second-order valence-corrected chi connectivity index (χ2v) is 6.17. The van der Waals surface area contributed by atoms with Gasteiger partial charge in [-0.3, -0.25) is 4.68 Å². The normalized spacial score (nSPS) is 16.3. The Kier molecular flexibility index (Phi) is 3.99. The Hall–Kier alpha value is -1.78. The molecule has 2 aromatic rings. The van der Waals surface area contributed by atoms with E-state index in [-0.39, 0.29) is 0 Å². The molecule has 114 valence electrons. The molecule has 1 aliphatic rings. The summed E-state index contributed by atoms with van der Waals surface area (Å²) in [6.45, 7) is 4.90. The molecule has 2 heterocycles. The number of hydrogen-bond acceptors (Lipinski definition) is 3. The summed E-state index contributed by atoms with van der Waals surface area (Å²) in [5, 5.41) is 7.89. The van der Waals surface area contributed by atoms with Crippen molar-refractivity contribution >= 4 is 5.95 Å². The van der Waals surface area contributed by atoms with Crippen molar-refractivity contribution in [3.8, 4) is 0 Å². The minimum Gasteiger partial charge on any atom is -0.351 e. The Labute approximate surface area is 126 Å². The van der Waals surface area contributed by atoms with Crippen LogP contribution in [-0.4, -0.2) is 19.3 Å². The number of nitrogens with one attached hydrogen (secondary N) is 1. The zero-order chi connectivity index (χ0) is 14.8. The zero-order valence-electron chi connectivity index (χ0n) is 13.3. The van der Waals surface area contributed by atoms with Gasteiger partial charge in [-0.25, -0.2) is 4.98 Å². The van der Waals surface area contributed by atoms with E-state index in [1.165, 1.54) is 37.7 Å². The molecular weight excluding hydrogens is 262 g/mol. The molecular formula is C16H25N5. The van der Waals surface area contributed by atoms with Crippen LogP contribution in [0, 0.1) is 13.8 Å². The predicted octanol–water partition coefficient (Wildman–Crippen LogP) is 3.35. The summed E-state index contributed by atoms with van der Waals surface area (Å²) in [5.74, 6) is 1.00. The highest BCUT2D eigenvalue weighted by atomic mass is 15.3. The Morgan fingerprint density at radius 1 is 1.19 bits per heavy atom. The van der Waals surface area contributed by atoms with Gasteiger partial charge in [0.25, 0.3) is 0 Å². The van der Waals surface area contributed by atoms with Crippen molar-refractivity contribution in [2.75, 3.05) is 5.32 Å². The summed E-state index contributed by atoms with van der Waals surface area (Å²) in [6, 6.07) is 0.609. The summed E-state index contributed by atoms with van der Waals surface area (Å²) in [6.07, 6.45) is 10.9. The number of imidazole rings is 1. The summed E-state index contributed by atoms with van der Waals surface area (Å²) >= 11 is 0. The Morgan fingerprint density at radius 2 is 1.95 bits per heavy atom. The highest BCUT2D eigenvalue weighted by molar-refractivity contribution is 5.32. The van der Waals surface area contributed by atoms with Gasteiger partial charge in [-0.1, -0.05) is 19.3 Å². The first kappa shape index (κ1) is 14.2. The molecule has 3 rings (SSSR count). The number of aromatic nitrogens is 4. The topological polar surface area (TPSA) is 47.7 Å². The van der Waals surface area contributed by atoms with Gasteiger partial charge in [0.15, 0.2) is 0 Å². The fraction of sp³-hybridized carbons (Fsp3) is 0.625. The van der Waals surface area contributed by atoms with Gasteiger partial charge in [-0.2, -0.15) is 5.10 Å². The fourth-order valence-corrected chi connectivity index (χ4v) is 3.28. The number of anilines is 1. The molecule has 0 unspecified atom stereocenters. The largest absolute Gasteiger partial charge is 0.351 e. The predicted molar refractivity (Wildman–Crippen MR) is 84.4 cm³/mol. The van der Waals surface area contributed by atoms with E-state index in [0.717, 1.165) is 23.9 Å². The van der Waals surface area contributed by atoms with E-state index in [1.54, 1.807) is 0 Å². The molecule has 0 atom stereocenters. The molecule has 1 N–H and O–H groups in total. The third kappa shape index (κ3) is 3.12. The van der Waals surface area contributed by atoms with Crippen LogP contribution < -0.4 is 5.32 Å². The molecule has 0 saturated heterocycles. The molecule has 1 saturated carbocycles. The van der Waals surface area contributed by atoms with E-state index in [4.69, 9.17) is 0 Å². The van der Waals surface area contributed by atoms with Crippen LogP contribution in [0.25, 0.3) is 0 Å². The van der Waals surface area contributed by atoms with E-state index in [1.807, 2.05) is 11.7 Å². The van der Waals surface area contributed by atoms with Crippen molar-refractivity contribution in [3.05, 3.63) is 29.3 Å². The van der Waals surface area contributed by atoms with Gasteiger partial charge in [0, 0.05) is 37.6 Å². The highest BCUT2D eigenvalue weighted by Crippen LogP contribution is 2.30. The maximum Gasteiger partial charge on any atom is 0.203 e. The molecule has 0 bridgehead atoms. The van der Waals surface area contributed by atoms with Crippen molar-refractivity contribution in [2.45, 2.75) is 58.5 Å². The molecule has 1 fully saturated rings. The maximum absolute atomic E-state index is 4.66. The molecule has 1 aliphatic carbocycles. The van der Waals surface area contributed by atoms with Gasteiger partial charge in [-0.05, 0) is 26.7 Å². The first-order valence-corrected chi connectivity index (χ1v) is 7.92. The lowest BCUT2D eigenvalue weighted by molar-refractivity contribution is 0.355. The van der Waals surface area contributed by atoms with Gasteiger partial charge in [0.2, 0.25) is 5.95 Å². The van der Waals surface area contributed by atoms with Crippen LogP contribution in [-0.2, 0) is 13.6 Å². The van der Waals surface area contributed by atoms with Crippen LogP contribution in [0.2, 0.25) is 0 Å². The van der Waals surface area contributed by atoms with Gasteiger partial charge >= 0.3 is 0 Å². The van der Waals surface area contributed by atoms with E-state index < -0.39 is 0 Å². The summed E-state index contributed by atoms with van der Waals surface area (Å²) in [7, 11) is 1.96. The van der Waals surface area contributed by atoms with Crippen LogP contribution in [0.4, 0.5) is 5.95 Å². The molecule has 21 heavy (non-hydrogen) atoms. The lowest BCUT2D eigenvalue weighted by Gasteiger charge is -2.24. The van der Waals surface area contributed by atoms with Crippen LogP contribution in [0.5, 0.6) is 0 Å². The Bertz CT molecular complexity index is 604.